The van der Waals surface area contributed by atoms with Crippen molar-refractivity contribution in [1.29, 1.82) is 0 Å². The molecule has 74 valence electrons. The molecule has 1 unspecified atom stereocenters. The van der Waals surface area contributed by atoms with E-state index < -0.39 is 0 Å². The first-order valence-electron chi connectivity index (χ1n) is 5.03. The van der Waals surface area contributed by atoms with E-state index in [1.165, 1.54) is 0 Å². The van der Waals surface area contributed by atoms with Gasteiger partial charge in [-0.25, -0.2) is 0 Å². The summed E-state index contributed by atoms with van der Waals surface area (Å²) in [6.07, 6.45) is 5.07. The van der Waals surface area contributed by atoms with Crippen LogP contribution in [0.2, 0.25) is 0 Å². The SMILES string of the molecule is O=CC1(C2CCCO2)CCOCC1. The molecule has 2 heterocycles. The molecule has 0 aromatic carbocycles. The maximum Gasteiger partial charge on any atom is 0.128 e. The molecule has 3 heteroatoms. The third-order valence-corrected chi connectivity index (χ3v) is 3.23. The first-order chi connectivity index (χ1) is 6.37. The summed E-state index contributed by atoms with van der Waals surface area (Å²) < 4.78 is 10.9. The highest BCUT2D eigenvalue weighted by Crippen LogP contribution is 2.38. The van der Waals surface area contributed by atoms with Crippen molar-refractivity contribution in [2.24, 2.45) is 5.41 Å². The van der Waals surface area contributed by atoms with Crippen molar-refractivity contribution in [2.75, 3.05) is 19.8 Å². The molecule has 0 aliphatic carbocycles. The average molecular weight is 184 g/mol. The van der Waals surface area contributed by atoms with E-state index in [0.29, 0.717) is 13.2 Å². The van der Waals surface area contributed by atoms with Crippen molar-refractivity contribution in [1.82, 2.24) is 0 Å². The van der Waals surface area contributed by atoms with Crippen molar-refractivity contribution >= 4 is 6.29 Å². The van der Waals surface area contributed by atoms with Gasteiger partial charge in [-0.2, -0.15) is 0 Å². The fraction of sp³-hybridized carbons (Fsp3) is 0.900. The maximum absolute atomic E-state index is 11.1. The van der Waals surface area contributed by atoms with E-state index in [0.717, 1.165) is 38.6 Å². The second kappa shape index (κ2) is 3.76. The predicted octanol–water partition coefficient (Wildman–Crippen LogP) is 1.16. The molecule has 0 bridgehead atoms. The van der Waals surface area contributed by atoms with Crippen LogP contribution < -0.4 is 0 Å². The van der Waals surface area contributed by atoms with Crippen LogP contribution in [0.3, 0.4) is 0 Å². The van der Waals surface area contributed by atoms with E-state index in [-0.39, 0.29) is 11.5 Å². The van der Waals surface area contributed by atoms with Gasteiger partial charge in [0.1, 0.15) is 6.29 Å². The average Bonchev–Trinajstić information content (AvgIpc) is 2.72. The van der Waals surface area contributed by atoms with Crippen molar-refractivity contribution < 1.29 is 14.3 Å². The number of aldehydes is 1. The minimum Gasteiger partial charge on any atom is -0.381 e. The smallest absolute Gasteiger partial charge is 0.128 e. The number of hydrogen-bond donors (Lipinski definition) is 0. The molecule has 13 heavy (non-hydrogen) atoms. The Morgan fingerprint density at radius 3 is 2.54 bits per heavy atom. The zero-order valence-corrected chi connectivity index (χ0v) is 7.83. The van der Waals surface area contributed by atoms with Gasteiger partial charge >= 0.3 is 0 Å². The van der Waals surface area contributed by atoms with Crippen molar-refractivity contribution in [3.8, 4) is 0 Å². The van der Waals surface area contributed by atoms with Gasteiger partial charge in [-0.15, -0.1) is 0 Å². The third-order valence-electron chi connectivity index (χ3n) is 3.23. The zero-order chi connectivity index (χ0) is 9.15. The van der Waals surface area contributed by atoms with Crippen molar-refractivity contribution in [3.05, 3.63) is 0 Å². The normalized spacial score (nSPS) is 33.1. The Morgan fingerprint density at radius 2 is 2.00 bits per heavy atom. The molecule has 0 amide bonds. The molecule has 0 N–H and O–H groups in total. The Bertz CT molecular complexity index is 179. The maximum atomic E-state index is 11.1. The largest absolute Gasteiger partial charge is 0.381 e. The van der Waals surface area contributed by atoms with Crippen LogP contribution in [0, 0.1) is 5.41 Å². The van der Waals surface area contributed by atoms with Gasteiger partial charge < -0.3 is 14.3 Å². The second-order valence-electron chi connectivity index (χ2n) is 3.97. The van der Waals surface area contributed by atoms with Gasteiger partial charge in [0.15, 0.2) is 0 Å². The van der Waals surface area contributed by atoms with Gasteiger partial charge in [-0.3, -0.25) is 0 Å². The number of ether oxygens (including phenoxy) is 2. The minimum atomic E-state index is -0.227. The van der Waals surface area contributed by atoms with Crippen LogP contribution in [0.15, 0.2) is 0 Å². The summed E-state index contributed by atoms with van der Waals surface area (Å²) in [6.45, 7) is 2.23. The van der Waals surface area contributed by atoms with Crippen LogP contribution in [-0.4, -0.2) is 32.2 Å². The summed E-state index contributed by atoms with van der Waals surface area (Å²) in [7, 11) is 0. The summed E-state index contributed by atoms with van der Waals surface area (Å²) in [4.78, 5) is 11.1. The standard InChI is InChI=1S/C10H16O3/c11-8-10(3-6-12-7-4-10)9-2-1-5-13-9/h8-9H,1-7H2. The minimum absolute atomic E-state index is 0.161. The zero-order valence-electron chi connectivity index (χ0n) is 7.83. The molecule has 2 rings (SSSR count). The lowest BCUT2D eigenvalue weighted by Crippen LogP contribution is -2.41. The summed E-state index contributed by atoms with van der Waals surface area (Å²) in [5, 5.41) is 0. The Balaban J connectivity index is 2.07. The Kier molecular flexibility index (Phi) is 2.65. The lowest BCUT2D eigenvalue weighted by atomic mass is 9.76. The second-order valence-corrected chi connectivity index (χ2v) is 3.97. The molecule has 3 nitrogen and oxygen atoms in total. The van der Waals surface area contributed by atoms with Crippen LogP contribution in [0.1, 0.15) is 25.7 Å². The summed E-state index contributed by atoms with van der Waals surface area (Å²) in [5.74, 6) is 0. The quantitative estimate of drug-likeness (QED) is 0.604. The Hall–Kier alpha value is -0.410. The molecular formula is C10H16O3. The van der Waals surface area contributed by atoms with E-state index in [1.54, 1.807) is 0 Å². The van der Waals surface area contributed by atoms with Gasteiger partial charge in [0.2, 0.25) is 0 Å². The van der Waals surface area contributed by atoms with Crippen LogP contribution in [0.5, 0.6) is 0 Å². The van der Waals surface area contributed by atoms with E-state index in [9.17, 15) is 4.79 Å². The first kappa shape index (κ1) is 9.16. The third kappa shape index (κ3) is 1.63. The van der Waals surface area contributed by atoms with Gasteiger partial charge in [0.25, 0.3) is 0 Å². The topological polar surface area (TPSA) is 35.5 Å². The molecule has 0 radical (unpaired) electrons. The predicted molar refractivity (Wildman–Crippen MR) is 47.5 cm³/mol. The van der Waals surface area contributed by atoms with E-state index in [2.05, 4.69) is 0 Å². The molecule has 1 atom stereocenters. The molecule has 0 saturated carbocycles. The molecule has 2 aliphatic heterocycles. The van der Waals surface area contributed by atoms with Crippen molar-refractivity contribution in [2.45, 2.75) is 31.8 Å². The lowest BCUT2D eigenvalue weighted by Gasteiger charge is -2.36. The van der Waals surface area contributed by atoms with Crippen LogP contribution in [0.4, 0.5) is 0 Å². The highest BCUT2D eigenvalue weighted by atomic mass is 16.5. The number of carbonyl (C=O) groups excluding carboxylic acids is 1. The van der Waals surface area contributed by atoms with E-state index in [1.807, 2.05) is 0 Å². The lowest BCUT2D eigenvalue weighted by molar-refractivity contribution is -0.133. The van der Waals surface area contributed by atoms with E-state index >= 15 is 0 Å². The highest BCUT2D eigenvalue weighted by molar-refractivity contribution is 5.60. The fourth-order valence-corrected chi connectivity index (χ4v) is 2.30. The van der Waals surface area contributed by atoms with Gasteiger partial charge in [-0.05, 0) is 25.7 Å². The molecule has 0 aromatic heterocycles. The van der Waals surface area contributed by atoms with E-state index in [4.69, 9.17) is 9.47 Å². The van der Waals surface area contributed by atoms with Crippen LogP contribution in [0.25, 0.3) is 0 Å². The summed E-state index contributed by atoms with van der Waals surface area (Å²) >= 11 is 0. The Labute approximate surface area is 78.4 Å². The molecule has 2 fully saturated rings. The molecule has 2 saturated heterocycles. The Morgan fingerprint density at radius 1 is 1.23 bits per heavy atom. The first-order valence-corrected chi connectivity index (χ1v) is 5.03. The monoisotopic (exact) mass is 184 g/mol. The van der Waals surface area contributed by atoms with Gasteiger partial charge in [0.05, 0.1) is 11.5 Å². The van der Waals surface area contributed by atoms with Gasteiger partial charge in [0, 0.05) is 19.8 Å². The van der Waals surface area contributed by atoms with Crippen LogP contribution >= 0.6 is 0 Å². The fourth-order valence-electron chi connectivity index (χ4n) is 2.30. The van der Waals surface area contributed by atoms with Crippen molar-refractivity contribution in [3.63, 3.8) is 0 Å². The number of carbonyl (C=O) groups is 1. The summed E-state index contributed by atoms with van der Waals surface area (Å²) in [6, 6.07) is 0. The summed E-state index contributed by atoms with van der Waals surface area (Å²) in [5.41, 5.74) is -0.227. The molecule has 2 aliphatic rings. The van der Waals surface area contributed by atoms with Gasteiger partial charge in [-0.1, -0.05) is 0 Å². The number of hydrogen-bond acceptors (Lipinski definition) is 3. The highest BCUT2D eigenvalue weighted by Gasteiger charge is 2.42. The molecule has 0 spiro atoms. The van der Waals surface area contributed by atoms with Crippen LogP contribution in [-0.2, 0) is 14.3 Å². The molecule has 0 aromatic rings. The molecular weight excluding hydrogens is 168 g/mol. The number of rotatable bonds is 2.